The molecule has 2 N–H and O–H groups in total. The van der Waals surface area contributed by atoms with Gasteiger partial charge in [-0.05, 0) is 29.3 Å². The largest absolute Gasteiger partial charge is 0.293 e. The van der Waals surface area contributed by atoms with Crippen LogP contribution >= 0.6 is 11.6 Å². The van der Waals surface area contributed by atoms with Crippen molar-refractivity contribution in [2.24, 2.45) is 10.1 Å². The summed E-state index contributed by atoms with van der Waals surface area (Å²) in [5, 5.41) is 5.63. The smallest absolute Gasteiger partial charge is 0.252 e. The van der Waals surface area contributed by atoms with Crippen LogP contribution in [0.3, 0.4) is 0 Å². The molecule has 2 rings (SSSR count). The third-order valence-corrected chi connectivity index (χ3v) is 2.59. The maximum Gasteiger partial charge on any atom is 0.252 e. The van der Waals surface area contributed by atoms with E-state index in [-0.39, 0.29) is 18.2 Å². The number of amides is 1. The summed E-state index contributed by atoms with van der Waals surface area (Å²) in [4.78, 5) is 26.1. The first kappa shape index (κ1) is 14.1. The number of guanidine groups is 1. The van der Waals surface area contributed by atoms with E-state index in [1.807, 2.05) is 0 Å². The average Bonchev–Trinajstić information content (AvgIpc) is 2.72. The number of hydrazone groups is 1. The number of nitrogens with zero attached hydrogens (tertiary/aromatic N) is 2. The number of carbonyl (C=O) groups excluding carboxylic acids is 2. The normalized spacial score (nSPS) is 18.0. The van der Waals surface area contributed by atoms with E-state index in [9.17, 15) is 14.0 Å². The molecule has 8 heteroatoms. The van der Waals surface area contributed by atoms with Crippen LogP contribution in [0.2, 0.25) is 0 Å². The van der Waals surface area contributed by atoms with Gasteiger partial charge in [-0.25, -0.2) is 14.8 Å². The Balaban J connectivity index is 1.92. The number of halogens is 2. The molecule has 104 valence electrons. The molecule has 1 amide bonds. The predicted octanol–water partition coefficient (Wildman–Crippen LogP) is 0.759. The van der Waals surface area contributed by atoms with E-state index in [2.05, 4.69) is 20.8 Å². The summed E-state index contributed by atoms with van der Waals surface area (Å²) in [7, 11) is 0. The highest BCUT2D eigenvalue weighted by Crippen LogP contribution is 2.06. The fourth-order valence-corrected chi connectivity index (χ4v) is 1.66. The van der Waals surface area contributed by atoms with Crippen LogP contribution in [0.15, 0.2) is 34.4 Å². The van der Waals surface area contributed by atoms with Gasteiger partial charge in [0.05, 0.1) is 12.6 Å². The quantitative estimate of drug-likeness (QED) is 0.489. The Morgan fingerprint density at radius 2 is 2.20 bits per heavy atom. The maximum absolute atomic E-state index is 12.7. The monoisotopic (exact) mass is 296 g/mol. The SMILES string of the molecule is O=C(Cl)CC1N=C(N/N=C/c2ccc(F)cc2)NC1=O. The van der Waals surface area contributed by atoms with Crippen LogP contribution in [0, 0.1) is 5.82 Å². The number of benzene rings is 1. The molecular weight excluding hydrogens is 287 g/mol. The molecule has 0 aromatic heterocycles. The molecule has 1 aliphatic heterocycles. The minimum Gasteiger partial charge on any atom is -0.293 e. The zero-order valence-electron chi connectivity index (χ0n) is 10.1. The van der Waals surface area contributed by atoms with Gasteiger partial charge in [-0.15, -0.1) is 0 Å². The Kier molecular flexibility index (Phi) is 4.41. The molecule has 1 atom stereocenters. The highest BCUT2D eigenvalue weighted by molar-refractivity contribution is 6.63. The second-order valence-electron chi connectivity index (χ2n) is 3.96. The second kappa shape index (κ2) is 6.25. The van der Waals surface area contributed by atoms with Gasteiger partial charge in [0, 0.05) is 0 Å². The van der Waals surface area contributed by atoms with Crippen molar-refractivity contribution in [3.05, 3.63) is 35.6 Å². The number of nitrogens with one attached hydrogen (secondary N) is 2. The van der Waals surface area contributed by atoms with E-state index < -0.39 is 17.2 Å². The summed E-state index contributed by atoms with van der Waals surface area (Å²) >= 11 is 5.20. The van der Waals surface area contributed by atoms with Crippen molar-refractivity contribution in [3.63, 3.8) is 0 Å². The zero-order valence-corrected chi connectivity index (χ0v) is 10.9. The molecular formula is C12H10ClFN4O2. The van der Waals surface area contributed by atoms with Crippen molar-refractivity contribution in [1.29, 1.82) is 0 Å². The van der Waals surface area contributed by atoms with Crippen molar-refractivity contribution in [1.82, 2.24) is 10.7 Å². The molecule has 1 heterocycles. The van der Waals surface area contributed by atoms with E-state index in [1.54, 1.807) is 12.1 Å². The van der Waals surface area contributed by atoms with E-state index in [0.717, 1.165) is 0 Å². The number of aliphatic imine (C=N–C) groups is 1. The minimum absolute atomic E-state index is 0.135. The van der Waals surface area contributed by atoms with Crippen LogP contribution in [0.25, 0.3) is 0 Å². The van der Waals surface area contributed by atoms with Crippen LogP contribution in [0.4, 0.5) is 4.39 Å². The van der Waals surface area contributed by atoms with E-state index in [0.29, 0.717) is 5.56 Å². The topological polar surface area (TPSA) is 82.9 Å². The molecule has 1 unspecified atom stereocenters. The van der Waals surface area contributed by atoms with Gasteiger partial charge in [0.1, 0.15) is 11.9 Å². The zero-order chi connectivity index (χ0) is 14.5. The van der Waals surface area contributed by atoms with Crippen molar-refractivity contribution in [3.8, 4) is 0 Å². The van der Waals surface area contributed by atoms with E-state index in [1.165, 1.54) is 18.3 Å². The van der Waals surface area contributed by atoms with Gasteiger partial charge >= 0.3 is 0 Å². The molecule has 6 nitrogen and oxygen atoms in total. The Morgan fingerprint density at radius 1 is 1.50 bits per heavy atom. The molecule has 20 heavy (non-hydrogen) atoms. The third-order valence-electron chi connectivity index (χ3n) is 2.44. The second-order valence-corrected chi connectivity index (χ2v) is 4.39. The van der Waals surface area contributed by atoms with Crippen molar-refractivity contribution in [2.45, 2.75) is 12.5 Å². The number of carbonyl (C=O) groups is 2. The van der Waals surface area contributed by atoms with Crippen LogP contribution in [0.1, 0.15) is 12.0 Å². The molecule has 1 aromatic rings. The van der Waals surface area contributed by atoms with Crippen molar-refractivity contribution in [2.75, 3.05) is 0 Å². The Labute approximate surface area is 118 Å². The van der Waals surface area contributed by atoms with Crippen molar-refractivity contribution < 1.29 is 14.0 Å². The third kappa shape index (κ3) is 3.86. The average molecular weight is 297 g/mol. The molecule has 1 aromatic carbocycles. The molecule has 1 aliphatic rings. The maximum atomic E-state index is 12.7. The number of rotatable bonds is 4. The van der Waals surface area contributed by atoms with Crippen molar-refractivity contribution >= 4 is 34.9 Å². The molecule has 0 saturated heterocycles. The fourth-order valence-electron chi connectivity index (χ4n) is 1.51. The lowest BCUT2D eigenvalue weighted by atomic mass is 10.2. The van der Waals surface area contributed by atoms with Gasteiger partial charge in [0.2, 0.25) is 11.2 Å². The molecule has 0 spiro atoms. The lowest BCUT2D eigenvalue weighted by molar-refractivity contribution is -0.122. The Bertz CT molecular complexity index is 586. The van der Waals surface area contributed by atoms with Crippen LogP contribution < -0.4 is 10.7 Å². The first-order valence-electron chi connectivity index (χ1n) is 5.66. The summed E-state index contributed by atoms with van der Waals surface area (Å²) in [5.74, 6) is -0.620. The minimum atomic E-state index is -0.830. The number of hydrogen-bond acceptors (Lipinski definition) is 5. The summed E-state index contributed by atoms with van der Waals surface area (Å²) in [5.41, 5.74) is 3.19. The lowest BCUT2D eigenvalue weighted by Gasteiger charge is -1.98. The molecule has 0 fully saturated rings. The molecule has 0 saturated carbocycles. The molecule has 0 bridgehead atoms. The summed E-state index contributed by atoms with van der Waals surface area (Å²) in [6.45, 7) is 0. The number of hydrogen-bond donors (Lipinski definition) is 2. The fraction of sp³-hybridized carbons (Fsp3) is 0.167. The summed E-state index contributed by atoms with van der Waals surface area (Å²) < 4.78 is 12.7. The highest BCUT2D eigenvalue weighted by Gasteiger charge is 2.27. The van der Waals surface area contributed by atoms with E-state index in [4.69, 9.17) is 11.6 Å². The van der Waals surface area contributed by atoms with Gasteiger partial charge in [-0.2, -0.15) is 5.10 Å². The van der Waals surface area contributed by atoms with Gasteiger partial charge in [-0.1, -0.05) is 12.1 Å². The standard InChI is InChI=1S/C12H10ClFN4O2/c13-10(19)5-9-11(20)17-12(16-9)18-15-6-7-1-3-8(14)4-2-7/h1-4,6,9H,5H2,(H2,16,17,18,20)/b15-6+. The summed E-state index contributed by atoms with van der Waals surface area (Å²) in [6.07, 6.45) is 1.27. The van der Waals surface area contributed by atoms with Gasteiger partial charge in [0.25, 0.3) is 5.91 Å². The Morgan fingerprint density at radius 3 is 2.85 bits per heavy atom. The first-order valence-corrected chi connectivity index (χ1v) is 6.04. The summed E-state index contributed by atoms with van der Waals surface area (Å²) in [6, 6.07) is 4.87. The van der Waals surface area contributed by atoms with Crippen LogP contribution in [-0.2, 0) is 9.59 Å². The highest BCUT2D eigenvalue weighted by atomic mass is 35.5. The van der Waals surface area contributed by atoms with Gasteiger partial charge < -0.3 is 0 Å². The van der Waals surface area contributed by atoms with E-state index >= 15 is 0 Å². The molecule has 0 aliphatic carbocycles. The first-order chi connectivity index (χ1) is 9.54. The molecule has 0 radical (unpaired) electrons. The predicted molar refractivity (Wildman–Crippen MR) is 72.0 cm³/mol. The van der Waals surface area contributed by atoms with Gasteiger partial charge in [-0.3, -0.25) is 14.9 Å². The van der Waals surface area contributed by atoms with Crippen LogP contribution in [0.5, 0.6) is 0 Å². The van der Waals surface area contributed by atoms with Crippen LogP contribution in [-0.4, -0.2) is 29.4 Å². The van der Waals surface area contributed by atoms with Gasteiger partial charge in [0.15, 0.2) is 0 Å². The Hall–Kier alpha value is -2.28. The lowest BCUT2D eigenvalue weighted by Crippen LogP contribution is -2.35.